The Morgan fingerprint density at radius 1 is 1.19 bits per heavy atom. The quantitative estimate of drug-likeness (QED) is 0.750. The van der Waals surface area contributed by atoms with E-state index in [0.717, 1.165) is 21.7 Å². The lowest BCUT2D eigenvalue weighted by atomic mass is 10.1. The average molecular weight is 409 g/mol. The minimum Gasteiger partial charge on any atom is -0.348 e. The van der Waals surface area contributed by atoms with Crippen molar-refractivity contribution in [2.24, 2.45) is 0 Å². The molecule has 0 bridgehead atoms. The Kier molecular flexibility index (Phi) is 6.89. The molecule has 0 aliphatic rings. The van der Waals surface area contributed by atoms with Crippen molar-refractivity contribution in [3.63, 3.8) is 0 Å². The van der Waals surface area contributed by atoms with Gasteiger partial charge in [-0.1, -0.05) is 54.9 Å². The number of hydrogen-bond acceptors (Lipinski definition) is 3. The first kappa shape index (κ1) is 21.3. The van der Waals surface area contributed by atoms with E-state index in [0.29, 0.717) is 17.1 Å². The average Bonchev–Trinajstić information content (AvgIpc) is 2.61. The lowest BCUT2D eigenvalue weighted by molar-refractivity contribution is -0.122. The molecule has 0 fully saturated rings. The molecule has 0 saturated carbocycles. The van der Waals surface area contributed by atoms with E-state index in [9.17, 15) is 13.2 Å². The Bertz CT molecular complexity index is 901. The highest BCUT2D eigenvalue weighted by Crippen LogP contribution is 2.28. The molecule has 0 aliphatic carbocycles. The number of nitrogens with zero attached hydrogens (tertiary/aromatic N) is 1. The smallest absolute Gasteiger partial charge is 0.244 e. The lowest BCUT2D eigenvalue weighted by Crippen LogP contribution is -2.49. The first-order valence-electron chi connectivity index (χ1n) is 8.76. The summed E-state index contributed by atoms with van der Waals surface area (Å²) in [4.78, 5) is 12.9. The highest BCUT2D eigenvalue weighted by atomic mass is 35.5. The number of hydrogen-bond donors (Lipinski definition) is 1. The summed E-state index contributed by atoms with van der Waals surface area (Å²) in [7, 11) is -3.69. The van der Waals surface area contributed by atoms with Gasteiger partial charge in [0.25, 0.3) is 0 Å². The van der Waals surface area contributed by atoms with Crippen LogP contribution in [0.15, 0.2) is 48.5 Å². The van der Waals surface area contributed by atoms with Crippen LogP contribution in [0.3, 0.4) is 0 Å². The molecule has 27 heavy (non-hydrogen) atoms. The Hall–Kier alpha value is -2.05. The van der Waals surface area contributed by atoms with Gasteiger partial charge in [-0.25, -0.2) is 8.42 Å². The molecule has 5 nitrogen and oxygen atoms in total. The largest absolute Gasteiger partial charge is 0.348 e. The number of anilines is 1. The second-order valence-electron chi connectivity index (χ2n) is 6.56. The number of carbonyl (C=O) groups excluding carboxylic acids is 1. The first-order valence-corrected chi connectivity index (χ1v) is 11.0. The van der Waals surface area contributed by atoms with Crippen molar-refractivity contribution in [2.75, 3.05) is 10.6 Å². The molecule has 2 aromatic rings. The summed E-state index contributed by atoms with van der Waals surface area (Å²) in [5, 5.41) is 3.37. The minimum absolute atomic E-state index is 0.240. The molecule has 146 valence electrons. The maximum absolute atomic E-state index is 12.9. The van der Waals surface area contributed by atoms with Crippen molar-refractivity contribution >= 4 is 33.2 Å². The van der Waals surface area contributed by atoms with Crippen LogP contribution in [0.4, 0.5) is 5.69 Å². The summed E-state index contributed by atoms with van der Waals surface area (Å²) in [5.74, 6) is -0.351. The highest BCUT2D eigenvalue weighted by molar-refractivity contribution is 7.92. The van der Waals surface area contributed by atoms with E-state index in [2.05, 4.69) is 5.32 Å². The second kappa shape index (κ2) is 8.76. The number of carbonyl (C=O) groups is 1. The van der Waals surface area contributed by atoms with Gasteiger partial charge in [0.2, 0.25) is 15.9 Å². The molecule has 0 radical (unpaired) electrons. The van der Waals surface area contributed by atoms with Gasteiger partial charge >= 0.3 is 0 Å². The number of rotatable bonds is 7. The van der Waals surface area contributed by atoms with E-state index in [4.69, 9.17) is 11.6 Å². The number of benzene rings is 2. The topological polar surface area (TPSA) is 66.5 Å². The van der Waals surface area contributed by atoms with Gasteiger partial charge in [-0.05, 0) is 43.5 Å². The van der Waals surface area contributed by atoms with Crippen molar-refractivity contribution in [1.82, 2.24) is 5.32 Å². The first-order chi connectivity index (χ1) is 12.6. The van der Waals surface area contributed by atoms with Crippen molar-refractivity contribution in [3.8, 4) is 0 Å². The summed E-state index contributed by atoms with van der Waals surface area (Å²) in [6.07, 6.45) is 1.42. The van der Waals surface area contributed by atoms with Crippen LogP contribution in [-0.2, 0) is 14.8 Å². The fourth-order valence-electron chi connectivity index (χ4n) is 2.91. The third kappa shape index (κ3) is 5.23. The van der Waals surface area contributed by atoms with E-state index >= 15 is 0 Å². The van der Waals surface area contributed by atoms with Gasteiger partial charge < -0.3 is 5.32 Å². The van der Waals surface area contributed by atoms with Gasteiger partial charge in [0.15, 0.2) is 0 Å². The van der Waals surface area contributed by atoms with Gasteiger partial charge in [-0.3, -0.25) is 9.10 Å². The molecule has 0 aliphatic heterocycles. The van der Waals surface area contributed by atoms with Crippen LogP contribution in [-0.4, -0.2) is 26.6 Å². The van der Waals surface area contributed by atoms with Crippen molar-refractivity contribution in [2.45, 2.75) is 39.3 Å². The van der Waals surface area contributed by atoms with E-state index < -0.39 is 16.1 Å². The second-order valence-corrected chi connectivity index (χ2v) is 8.82. The zero-order valence-electron chi connectivity index (χ0n) is 15.9. The Morgan fingerprint density at radius 2 is 1.81 bits per heavy atom. The van der Waals surface area contributed by atoms with Crippen LogP contribution in [0.25, 0.3) is 0 Å². The van der Waals surface area contributed by atoms with Gasteiger partial charge in [0.1, 0.15) is 6.04 Å². The van der Waals surface area contributed by atoms with Crippen molar-refractivity contribution in [1.29, 1.82) is 0 Å². The number of amides is 1. The molecule has 2 rings (SSSR count). The Morgan fingerprint density at radius 3 is 2.33 bits per heavy atom. The van der Waals surface area contributed by atoms with Gasteiger partial charge in [-0.2, -0.15) is 0 Å². The summed E-state index contributed by atoms with van der Waals surface area (Å²) in [5.41, 5.74) is 2.16. The van der Waals surface area contributed by atoms with Crippen molar-refractivity contribution < 1.29 is 13.2 Å². The number of nitrogens with one attached hydrogen (secondary N) is 1. The highest BCUT2D eigenvalue weighted by Gasteiger charge is 2.32. The Balaban J connectivity index is 2.34. The van der Waals surface area contributed by atoms with Gasteiger partial charge in [0.05, 0.1) is 18.0 Å². The molecule has 0 unspecified atom stereocenters. The number of sulfonamides is 1. The molecular formula is C20H25ClN2O3S. The molecule has 2 atom stereocenters. The monoisotopic (exact) mass is 408 g/mol. The molecular weight excluding hydrogens is 384 g/mol. The minimum atomic E-state index is -3.69. The van der Waals surface area contributed by atoms with Crippen LogP contribution in [0, 0.1) is 6.92 Å². The maximum Gasteiger partial charge on any atom is 0.244 e. The predicted octanol–water partition coefficient (Wildman–Crippen LogP) is 4.07. The molecule has 1 N–H and O–H groups in total. The normalized spacial score (nSPS) is 13.7. The molecule has 0 aromatic heterocycles. The van der Waals surface area contributed by atoms with E-state index in [1.165, 1.54) is 0 Å². The summed E-state index contributed by atoms with van der Waals surface area (Å²) in [6.45, 7) is 5.49. The van der Waals surface area contributed by atoms with Crippen LogP contribution < -0.4 is 9.62 Å². The maximum atomic E-state index is 12.9. The summed E-state index contributed by atoms with van der Waals surface area (Å²) in [6, 6.07) is 13.4. The third-order valence-corrected chi connectivity index (χ3v) is 5.99. The van der Waals surface area contributed by atoms with Gasteiger partial charge in [0, 0.05) is 5.02 Å². The molecule has 0 heterocycles. The summed E-state index contributed by atoms with van der Waals surface area (Å²) >= 11 is 6.18. The molecule has 2 aromatic carbocycles. The van der Waals surface area contributed by atoms with E-state index in [1.54, 1.807) is 25.1 Å². The van der Waals surface area contributed by atoms with Crippen LogP contribution >= 0.6 is 11.6 Å². The fraction of sp³-hybridized carbons (Fsp3) is 0.350. The van der Waals surface area contributed by atoms with Crippen molar-refractivity contribution in [3.05, 3.63) is 64.7 Å². The predicted molar refractivity (Wildman–Crippen MR) is 111 cm³/mol. The molecule has 7 heteroatoms. The standard InChI is InChI=1S/C20H25ClN2O3S/c1-5-19(20(24)22-15(3)16-9-7-6-8-10-16)23(27(4,25)26)17-12-11-14(2)18(21)13-17/h6-13,15,19H,5H2,1-4H3,(H,22,24)/t15-,19+/m1/s1. The van der Waals surface area contributed by atoms with Crippen LogP contribution in [0.2, 0.25) is 5.02 Å². The molecule has 0 saturated heterocycles. The van der Waals surface area contributed by atoms with Crippen LogP contribution in [0.5, 0.6) is 0 Å². The van der Waals surface area contributed by atoms with E-state index in [1.807, 2.05) is 44.2 Å². The zero-order chi connectivity index (χ0) is 20.2. The summed E-state index contributed by atoms with van der Waals surface area (Å²) < 4.78 is 26.1. The molecule has 0 spiro atoms. The molecule has 1 amide bonds. The lowest BCUT2D eigenvalue weighted by Gasteiger charge is -2.31. The van der Waals surface area contributed by atoms with E-state index in [-0.39, 0.29) is 11.9 Å². The van der Waals surface area contributed by atoms with Crippen LogP contribution in [0.1, 0.15) is 37.4 Å². The van der Waals surface area contributed by atoms with Gasteiger partial charge in [-0.15, -0.1) is 0 Å². The number of halogens is 1. The zero-order valence-corrected chi connectivity index (χ0v) is 17.5. The fourth-order valence-corrected chi connectivity index (χ4v) is 4.29. The third-order valence-electron chi connectivity index (χ3n) is 4.40. The number of aryl methyl sites for hydroxylation is 1. The Labute approximate surface area is 166 Å². The SMILES string of the molecule is CC[C@@H](C(=O)N[C@H](C)c1ccccc1)N(c1ccc(C)c(Cl)c1)S(C)(=O)=O.